The molecule has 0 aromatic heterocycles. The van der Waals surface area contributed by atoms with Crippen molar-refractivity contribution in [3.05, 3.63) is 120 Å². The van der Waals surface area contributed by atoms with Crippen LogP contribution in [0.1, 0.15) is 41.6 Å². The molecule has 4 aromatic carbocycles. The van der Waals surface area contributed by atoms with Gasteiger partial charge in [0.1, 0.15) is 0 Å². The van der Waals surface area contributed by atoms with Crippen LogP contribution < -0.4 is 10.6 Å². The van der Waals surface area contributed by atoms with Crippen LogP contribution in [0.3, 0.4) is 0 Å². The number of halogens is 3. The lowest BCUT2D eigenvalue weighted by Gasteiger charge is -2.29. The smallest absolute Gasteiger partial charge is 0.453 e. The summed E-state index contributed by atoms with van der Waals surface area (Å²) in [7, 11) is 1.24. The van der Waals surface area contributed by atoms with Crippen LogP contribution in [0.4, 0.5) is 18.0 Å². The fourth-order valence-corrected chi connectivity index (χ4v) is 5.77. The molecule has 1 atom stereocenters. The number of methoxy groups -OCH3 is 1. The van der Waals surface area contributed by atoms with E-state index in [-0.39, 0.29) is 13.0 Å². The molecule has 1 aliphatic rings. The number of nitrogens with one attached hydrogen (secondary N) is 2. The first kappa shape index (κ1) is 36.1. The molecule has 2 N–H and O–H groups in total. The highest BCUT2D eigenvalue weighted by atomic mass is 19.4. The van der Waals surface area contributed by atoms with Gasteiger partial charge in [-0.2, -0.15) is 13.2 Å². The Labute approximate surface area is 290 Å². The van der Waals surface area contributed by atoms with Gasteiger partial charge in [-0.05, 0) is 38.9 Å². The maximum Gasteiger partial charge on any atom is 0.495 e. The first-order valence-electron chi connectivity index (χ1n) is 15.7. The molecule has 0 saturated carbocycles. The van der Waals surface area contributed by atoms with Gasteiger partial charge >= 0.3 is 24.2 Å². The first-order valence-corrected chi connectivity index (χ1v) is 15.7. The molecule has 0 bridgehead atoms. The van der Waals surface area contributed by atoms with Gasteiger partial charge in [-0.25, -0.2) is 24.2 Å². The number of fused-ring (bicyclic) bond motifs is 3. The van der Waals surface area contributed by atoms with Crippen LogP contribution in [0.15, 0.2) is 103 Å². The molecule has 264 valence electrons. The van der Waals surface area contributed by atoms with Crippen molar-refractivity contribution in [2.24, 2.45) is 0 Å². The van der Waals surface area contributed by atoms with Crippen molar-refractivity contribution in [2.45, 2.75) is 31.1 Å². The Hall–Kier alpha value is -6.18. The highest BCUT2D eigenvalue weighted by Crippen LogP contribution is 2.46. The number of nitrogens with zero attached hydrogens (tertiary/aromatic N) is 1. The standard InChI is InChI=1S/C37H32F3N3O8/c1-49-36(48)43(34-28-13-7-5-11-26(28)27-12-6-8-14-29(27)34)20-19-31(44)41-22-32(45)42-30(21-33(46)50-51-35(47)37(38,39)40)25-17-15-24(16-18-25)23-9-3-2-4-10-23/h2-18,30,34H,19-22H2,1H3,(H,41,44)(H,42,45). The second-order valence-electron chi connectivity index (χ2n) is 11.4. The third kappa shape index (κ3) is 8.90. The van der Waals surface area contributed by atoms with Crippen LogP contribution in [-0.2, 0) is 33.7 Å². The molecule has 0 aliphatic heterocycles. The molecule has 11 nitrogen and oxygen atoms in total. The predicted molar refractivity (Wildman–Crippen MR) is 176 cm³/mol. The van der Waals surface area contributed by atoms with Crippen molar-refractivity contribution < 1.29 is 51.7 Å². The second kappa shape index (κ2) is 16.0. The van der Waals surface area contributed by atoms with Gasteiger partial charge in [-0.1, -0.05) is 103 Å². The summed E-state index contributed by atoms with van der Waals surface area (Å²) in [5.41, 5.74) is 5.73. The lowest BCUT2D eigenvalue weighted by molar-refractivity contribution is -0.286. The number of rotatable bonds is 11. The van der Waals surface area contributed by atoms with Crippen LogP contribution in [0.5, 0.6) is 0 Å². The zero-order valence-electron chi connectivity index (χ0n) is 27.1. The van der Waals surface area contributed by atoms with Gasteiger partial charge in [0.15, 0.2) is 0 Å². The number of carbonyl (C=O) groups is 5. The lowest BCUT2D eigenvalue weighted by atomic mass is 9.99. The van der Waals surface area contributed by atoms with Gasteiger partial charge in [0.2, 0.25) is 11.8 Å². The molecule has 5 rings (SSSR count). The van der Waals surface area contributed by atoms with Gasteiger partial charge in [0.25, 0.3) is 0 Å². The molecule has 14 heteroatoms. The molecular weight excluding hydrogens is 671 g/mol. The third-order valence-electron chi connectivity index (χ3n) is 8.12. The Morgan fingerprint density at radius 2 is 1.31 bits per heavy atom. The van der Waals surface area contributed by atoms with Crippen molar-refractivity contribution in [1.82, 2.24) is 15.5 Å². The molecule has 51 heavy (non-hydrogen) atoms. The van der Waals surface area contributed by atoms with E-state index in [1.165, 1.54) is 12.0 Å². The zero-order chi connectivity index (χ0) is 36.5. The Kier molecular flexibility index (Phi) is 11.3. The molecular formula is C37H32F3N3O8. The normalized spacial score (nSPS) is 12.5. The summed E-state index contributed by atoms with van der Waals surface area (Å²) in [5.74, 6) is -5.41. The van der Waals surface area contributed by atoms with Crippen LogP contribution in [0, 0.1) is 0 Å². The molecule has 3 amide bonds. The topological polar surface area (TPSA) is 140 Å². The number of hydrogen-bond donors (Lipinski definition) is 2. The van der Waals surface area contributed by atoms with Gasteiger partial charge in [-0.3, -0.25) is 14.5 Å². The Morgan fingerprint density at radius 3 is 1.90 bits per heavy atom. The molecule has 0 heterocycles. The summed E-state index contributed by atoms with van der Waals surface area (Å²) >= 11 is 0. The summed E-state index contributed by atoms with van der Waals surface area (Å²) in [4.78, 5) is 71.3. The number of carbonyl (C=O) groups excluding carboxylic acids is 5. The van der Waals surface area contributed by atoms with E-state index < -0.39 is 61.1 Å². The Bertz CT molecular complexity index is 1860. The number of hydrogen-bond acceptors (Lipinski definition) is 8. The zero-order valence-corrected chi connectivity index (χ0v) is 27.1. The van der Waals surface area contributed by atoms with Crippen molar-refractivity contribution in [3.63, 3.8) is 0 Å². The fourth-order valence-electron chi connectivity index (χ4n) is 5.77. The number of ether oxygens (including phenoxy) is 1. The average molecular weight is 704 g/mol. The van der Waals surface area contributed by atoms with Gasteiger partial charge in [0, 0.05) is 13.0 Å². The lowest BCUT2D eigenvalue weighted by Crippen LogP contribution is -2.41. The first-order chi connectivity index (χ1) is 24.5. The van der Waals surface area contributed by atoms with E-state index >= 15 is 0 Å². The SMILES string of the molecule is COC(=O)N(CCC(=O)NCC(=O)NC(CC(=O)OOC(=O)C(F)(F)F)c1ccc(-c2ccccc2)cc1)C1c2ccccc2-c2ccccc21. The molecule has 1 aliphatic carbocycles. The maximum absolute atomic E-state index is 13.0. The minimum absolute atomic E-state index is 0.0493. The minimum atomic E-state index is -5.39. The highest BCUT2D eigenvalue weighted by Gasteiger charge is 2.43. The second-order valence-corrected chi connectivity index (χ2v) is 11.4. The molecule has 0 saturated heterocycles. The molecule has 0 fully saturated rings. The van der Waals surface area contributed by atoms with Gasteiger partial charge < -0.3 is 15.4 Å². The molecule has 0 radical (unpaired) electrons. The van der Waals surface area contributed by atoms with Gasteiger partial charge in [0.05, 0.1) is 32.2 Å². The largest absolute Gasteiger partial charge is 0.495 e. The predicted octanol–water partition coefficient (Wildman–Crippen LogP) is 5.81. The van der Waals surface area contributed by atoms with Crippen LogP contribution >= 0.6 is 0 Å². The maximum atomic E-state index is 13.0. The summed E-state index contributed by atoms with van der Waals surface area (Å²) in [6, 6.07) is 29.5. The fraction of sp³-hybridized carbons (Fsp3) is 0.216. The van der Waals surface area contributed by atoms with Crippen LogP contribution in [0.25, 0.3) is 22.3 Å². The van der Waals surface area contributed by atoms with Crippen LogP contribution in [0.2, 0.25) is 0 Å². The van der Waals surface area contributed by atoms with Crippen molar-refractivity contribution in [3.8, 4) is 22.3 Å². The van der Waals surface area contributed by atoms with E-state index in [2.05, 4.69) is 20.4 Å². The molecule has 0 spiro atoms. The summed E-state index contributed by atoms with van der Waals surface area (Å²) in [6.45, 7) is -0.588. The number of benzene rings is 4. The Balaban J connectivity index is 1.22. The van der Waals surface area contributed by atoms with E-state index in [9.17, 15) is 37.1 Å². The van der Waals surface area contributed by atoms with E-state index in [1.807, 2.05) is 78.9 Å². The molecule has 4 aromatic rings. The van der Waals surface area contributed by atoms with E-state index in [1.54, 1.807) is 24.3 Å². The van der Waals surface area contributed by atoms with E-state index in [4.69, 9.17) is 4.74 Å². The van der Waals surface area contributed by atoms with Crippen LogP contribution in [-0.4, -0.2) is 61.1 Å². The van der Waals surface area contributed by atoms with E-state index in [0.717, 1.165) is 33.4 Å². The monoisotopic (exact) mass is 703 g/mol. The summed E-state index contributed by atoms with van der Waals surface area (Å²) in [5, 5.41) is 5.03. The van der Waals surface area contributed by atoms with E-state index in [0.29, 0.717) is 5.56 Å². The quantitative estimate of drug-likeness (QED) is 0.147. The molecule has 1 unspecified atom stereocenters. The van der Waals surface area contributed by atoms with Crippen molar-refractivity contribution >= 4 is 29.8 Å². The number of alkyl halides is 3. The summed E-state index contributed by atoms with van der Waals surface area (Å²) in [6.07, 6.45) is -6.94. The van der Waals surface area contributed by atoms with Crippen molar-refractivity contribution in [2.75, 3.05) is 20.2 Å². The highest BCUT2D eigenvalue weighted by molar-refractivity contribution is 5.86. The Morgan fingerprint density at radius 1 is 0.745 bits per heavy atom. The third-order valence-corrected chi connectivity index (χ3v) is 8.12. The number of amides is 3. The van der Waals surface area contributed by atoms with Crippen molar-refractivity contribution in [1.29, 1.82) is 0 Å². The summed E-state index contributed by atoms with van der Waals surface area (Å²) < 4.78 is 42.5. The average Bonchev–Trinajstić information content (AvgIpc) is 3.47. The van der Waals surface area contributed by atoms with Gasteiger partial charge in [-0.15, -0.1) is 0 Å². The minimum Gasteiger partial charge on any atom is -0.453 e.